The fourth-order valence-electron chi connectivity index (χ4n) is 1.63. The van der Waals surface area contributed by atoms with Gasteiger partial charge in [-0.2, -0.15) is 0 Å². The highest BCUT2D eigenvalue weighted by atomic mass is 32.1. The zero-order valence-corrected chi connectivity index (χ0v) is 12.2. The number of aromatic nitrogens is 1. The van der Waals surface area contributed by atoms with Gasteiger partial charge in [0, 0.05) is 17.3 Å². The minimum absolute atomic E-state index is 0.140. The summed E-state index contributed by atoms with van der Waals surface area (Å²) >= 11 is 1.73. The summed E-state index contributed by atoms with van der Waals surface area (Å²) in [7, 11) is 0. The molecule has 2 aromatic heterocycles. The first-order valence-corrected chi connectivity index (χ1v) is 7.04. The van der Waals surface area contributed by atoms with Gasteiger partial charge in [-0.15, -0.1) is 11.3 Å². The molecule has 18 heavy (non-hydrogen) atoms. The molecule has 0 aliphatic rings. The van der Waals surface area contributed by atoms with Crippen LogP contribution in [-0.4, -0.2) is 4.98 Å². The van der Waals surface area contributed by atoms with E-state index in [9.17, 15) is 0 Å². The van der Waals surface area contributed by atoms with E-state index in [4.69, 9.17) is 4.42 Å². The van der Waals surface area contributed by atoms with Gasteiger partial charge >= 0.3 is 0 Å². The van der Waals surface area contributed by atoms with Gasteiger partial charge in [-0.05, 0) is 19.1 Å². The largest absolute Gasteiger partial charge is 0.465 e. The van der Waals surface area contributed by atoms with Crippen LogP contribution in [0.5, 0.6) is 0 Å². The van der Waals surface area contributed by atoms with Crippen LogP contribution in [0, 0.1) is 6.92 Å². The number of rotatable bonds is 4. The molecule has 2 aromatic rings. The van der Waals surface area contributed by atoms with Gasteiger partial charge in [0.25, 0.3) is 0 Å². The molecule has 98 valence electrons. The van der Waals surface area contributed by atoms with Crippen LogP contribution >= 0.6 is 11.3 Å². The van der Waals surface area contributed by atoms with E-state index < -0.39 is 0 Å². The zero-order chi connectivity index (χ0) is 13.2. The normalized spacial score (nSPS) is 12.0. The number of hydrogen-bond acceptors (Lipinski definition) is 4. The average Bonchev–Trinajstić information content (AvgIpc) is 2.87. The first-order chi connectivity index (χ1) is 8.45. The highest BCUT2D eigenvalue weighted by Crippen LogP contribution is 2.25. The van der Waals surface area contributed by atoms with Crippen LogP contribution in [-0.2, 0) is 18.5 Å². The maximum absolute atomic E-state index is 5.50. The van der Waals surface area contributed by atoms with Gasteiger partial charge in [0.15, 0.2) is 0 Å². The molecule has 0 amide bonds. The Balaban J connectivity index is 1.85. The zero-order valence-electron chi connectivity index (χ0n) is 11.4. The van der Waals surface area contributed by atoms with Crippen LogP contribution in [0.1, 0.15) is 43.0 Å². The van der Waals surface area contributed by atoms with Crippen molar-refractivity contribution < 1.29 is 4.42 Å². The van der Waals surface area contributed by atoms with Gasteiger partial charge < -0.3 is 9.73 Å². The van der Waals surface area contributed by atoms with Crippen LogP contribution < -0.4 is 5.32 Å². The summed E-state index contributed by atoms with van der Waals surface area (Å²) in [5.74, 6) is 1.93. The molecule has 3 nitrogen and oxygen atoms in total. The monoisotopic (exact) mass is 264 g/mol. The van der Waals surface area contributed by atoms with E-state index in [1.807, 2.05) is 19.1 Å². The lowest BCUT2D eigenvalue weighted by atomic mass is 9.98. The quantitative estimate of drug-likeness (QED) is 0.916. The lowest BCUT2D eigenvalue weighted by Crippen LogP contribution is -2.14. The van der Waals surface area contributed by atoms with Crippen molar-refractivity contribution in [2.45, 2.75) is 46.2 Å². The molecule has 0 radical (unpaired) electrons. The second-order valence-corrected chi connectivity index (χ2v) is 6.37. The molecule has 1 N–H and O–H groups in total. The van der Waals surface area contributed by atoms with E-state index in [0.717, 1.165) is 30.3 Å². The van der Waals surface area contributed by atoms with Gasteiger partial charge in [-0.25, -0.2) is 4.98 Å². The van der Waals surface area contributed by atoms with E-state index in [0.29, 0.717) is 0 Å². The van der Waals surface area contributed by atoms with Crippen molar-refractivity contribution in [3.8, 4) is 0 Å². The van der Waals surface area contributed by atoms with Gasteiger partial charge in [0.1, 0.15) is 11.5 Å². The molecule has 0 aromatic carbocycles. The van der Waals surface area contributed by atoms with E-state index in [1.54, 1.807) is 11.3 Å². The Bertz CT molecular complexity index is 508. The van der Waals surface area contributed by atoms with Crippen LogP contribution in [0.3, 0.4) is 0 Å². The SMILES string of the molecule is Cc1ccc(CNCc2csc(C(C)(C)C)n2)o1. The third-order valence-corrected chi connectivity index (χ3v) is 3.91. The Labute approximate surface area is 112 Å². The number of furan rings is 1. The second-order valence-electron chi connectivity index (χ2n) is 5.51. The first-order valence-electron chi connectivity index (χ1n) is 6.16. The van der Waals surface area contributed by atoms with Crippen molar-refractivity contribution in [1.29, 1.82) is 0 Å². The smallest absolute Gasteiger partial charge is 0.117 e. The molecular weight excluding hydrogens is 244 g/mol. The minimum Gasteiger partial charge on any atom is -0.465 e. The van der Waals surface area contributed by atoms with E-state index in [-0.39, 0.29) is 5.41 Å². The Morgan fingerprint density at radius 2 is 2.06 bits per heavy atom. The average molecular weight is 264 g/mol. The second kappa shape index (κ2) is 5.24. The Hall–Kier alpha value is -1.13. The van der Waals surface area contributed by atoms with E-state index in [1.165, 1.54) is 5.01 Å². The van der Waals surface area contributed by atoms with Crippen molar-refractivity contribution in [2.75, 3.05) is 0 Å². The topological polar surface area (TPSA) is 38.1 Å². The Morgan fingerprint density at radius 1 is 1.28 bits per heavy atom. The first kappa shape index (κ1) is 13.3. The molecule has 2 heterocycles. The number of nitrogens with one attached hydrogen (secondary N) is 1. The third-order valence-electron chi connectivity index (χ3n) is 2.59. The molecule has 0 aliphatic heterocycles. The summed E-state index contributed by atoms with van der Waals surface area (Å²) in [6, 6.07) is 3.99. The lowest BCUT2D eigenvalue weighted by Gasteiger charge is -2.13. The molecule has 0 atom stereocenters. The molecule has 0 aliphatic carbocycles. The van der Waals surface area contributed by atoms with Gasteiger partial charge in [-0.3, -0.25) is 0 Å². The molecule has 0 bridgehead atoms. The predicted octanol–water partition coefficient (Wildman–Crippen LogP) is 3.63. The van der Waals surface area contributed by atoms with Crippen molar-refractivity contribution in [3.63, 3.8) is 0 Å². The van der Waals surface area contributed by atoms with E-state index >= 15 is 0 Å². The molecule has 0 fully saturated rings. The Kier molecular flexibility index (Phi) is 3.88. The summed E-state index contributed by atoms with van der Waals surface area (Å²) in [5, 5.41) is 6.66. The minimum atomic E-state index is 0.140. The van der Waals surface area contributed by atoms with Crippen molar-refractivity contribution >= 4 is 11.3 Å². The maximum Gasteiger partial charge on any atom is 0.117 e. The predicted molar refractivity (Wildman–Crippen MR) is 74.8 cm³/mol. The molecule has 2 rings (SSSR count). The summed E-state index contributed by atoms with van der Waals surface area (Å²) in [4.78, 5) is 4.64. The third kappa shape index (κ3) is 3.43. The maximum atomic E-state index is 5.50. The highest BCUT2D eigenvalue weighted by molar-refractivity contribution is 7.09. The summed E-state index contributed by atoms with van der Waals surface area (Å²) < 4.78 is 5.50. The van der Waals surface area contributed by atoms with Crippen LogP contribution in [0.15, 0.2) is 21.9 Å². The van der Waals surface area contributed by atoms with Crippen LogP contribution in [0.4, 0.5) is 0 Å². The Morgan fingerprint density at radius 3 is 2.61 bits per heavy atom. The fourth-order valence-corrected chi connectivity index (χ4v) is 2.53. The highest BCUT2D eigenvalue weighted by Gasteiger charge is 2.17. The molecule has 0 saturated heterocycles. The number of aryl methyl sites for hydroxylation is 1. The molecule has 0 saturated carbocycles. The summed E-state index contributed by atoms with van der Waals surface area (Å²) in [6.45, 7) is 10.1. The molecular formula is C14H20N2OS. The van der Waals surface area contributed by atoms with E-state index in [2.05, 4.69) is 36.5 Å². The van der Waals surface area contributed by atoms with Gasteiger partial charge in [0.2, 0.25) is 0 Å². The number of thiazole rings is 1. The summed E-state index contributed by atoms with van der Waals surface area (Å²) in [5.41, 5.74) is 1.24. The van der Waals surface area contributed by atoms with Crippen molar-refractivity contribution in [2.24, 2.45) is 0 Å². The van der Waals surface area contributed by atoms with Crippen LogP contribution in [0.2, 0.25) is 0 Å². The standard InChI is InChI=1S/C14H20N2OS/c1-10-5-6-12(17-10)8-15-7-11-9-18-13(16-11)14(2,3)4/h5-6,9,15H,7-8H2,1-4H3. The lowest BCUT2D eigenvalue weighted by molar-refractivity contribution is 0.460. The van der Waals surface area contributed by atoms with Crippen LogP contribution in [0.25, 0.3) is 0 Å². The summed E-state index contributed by atoms with van der Waals surface area (Å²) in [6.07, 6.45) is 0. The fraction of sp³-hybridized carbons (Fsp3) is 0.500. The van der Waals surface area contributed by atoms with Gasteiger partial charge in [0.05, 0.1) is 17.2 Å². The molecule has 0 spiro atoms. The van der Waals surface area contributed by atoms with Gasteiger partial charge in [-0.1, -0.05) is 20.8 Å². The van der Waals surface area contributed by atoms with Crippen molar-refractivity contribution in [1.82, 2.24) is 10.3 Å². The molecule has 4 heteroatoms. The van der Waals surface area contributed by atoms with Crippen molar-refractivity contribution in [3.05, 3.63) is 39.7 Å². The number of nitrogens with zero attached hydrogens (tertiary/aromatic N) is 1. The molecule has 0 unspecified atom stereocenters. The number of hydrogen-bond donors (Lipinski definition) is 1.